The number of benzene rings is 1. The van der Waals surface area contributed by atoms with Gasteiger partial charge in [-0.3, -0.25) is 9.56 Å². The molecule has 0 unspecified atom stereocenters. The summed E-state index contributed by atoms with van der Waals surface area (Å²) in [6, 6.07) is 10.7. The third-order valence-electron chi connectivity index (χ3n) is 4.16. The molecule has 130 valence electrons. The summed E-state index contributed by atoms with van der Waals surface area (Å²) in [4.78, 5) is 6.84. The van der Waals surface area contributed by atoms with E-state index in [2.05, 4.69) is 65.8 Å². The summed E-state index contributed by atoms with van der Waals surface area (Å²) in [6.07, 6.45) is 5.31. The molecule has 2 aromatic rings. The lowest BCUT2D eigenvalue weighted by Crippen LogP contribution is -3.00. The van der Waals surface area contributed by atoms with Crippen LogP contribution in [0.25, 0.3) is 0 Å². The van der Waals surface area contributed by atoms with E-state index in [1.807, 2.05) is 12.3 Å². The maximum atomic E-state index is 4.44. The van der Waals surface area contributed by atoms with Gasteiger partial charge >= 0.3 is 0 Å². The van der Waals surface area contributed by atoms with Gasteiger partial charge in [-0.2, -0.15) is 0 Å². The van der Waals surface area contributed by atoms with Crippen molar-refractivity contribution in [3.05, 3.63) is 58.9 Å². The first kappa shape index (κ1) is 20.3. The van der Waals surface area contributed by atoms with Crippen LogP contribution in [-0.4, -0.2) is 34.5 Å². The topological polar surface area (TPSA) is 50.6 Å². The van der Waals surface area contributed by atoms with Gasteiger partial charge in [0.2, 0.25) is 6.34 Å². The lowest BCUT2D eigenvalue weighted by atomic mass is 10.0. The molecular formula is C19H26BrN3O. The number of halogens is 1. The van der Waals surface area contributed by atoms with Crippen LogP contribution in [0, 0.1) is 20.8 Å². The van der Waals surface area contributed by atoms with Crippen molar-refractivity contribution >= 4 is 12.0 Å². The van der Waals surface area contributed by atoms with Crippen molar-refractivity contribution in [2.75, 3.05) is 18.0 Å². The molecule has 0 atom stereocenters. The zero-order chi connectivity index (χ0) is 15.5. The Morgan fingerprint density at radius 1 is 1.12 bits per heavy atom. The van der Waals surface area contributed by atoms with Gasteiger partial charge in [0.15, 0.2) is 0 Å². The van der Waals surface area contributed by atoms with E-state index >= 15 is 0 Å². The van der Waals surface area contributed by atoms with E-state index in [1.54, 1.807) is 0 Å². The van der Waals surface area contributed by atoms with Crippen LogP contribution >= 0.6 is 0 Å². The molecule has 0 spiro atoms. The van der Waals surface area contributed by atoms with Gasteiger partial charge < -0.3 is 22.5 Å². The highest BCUT2D eigenvalue weighted by Gasteiger charge is 2.22. The van der Waals surface area contributed by atoms with Crippen molar-refractivity contribution in [2.24, 2.45) is 0 Å². The first-order chi connectivity index (χ1) is 10.6. The van der Waals surface area contributed by atoms with Gasteiger partial charge in [0, 0.05) is 12.6 Å². The average Bonchev–Trinajstić information content (AvgIpc) is 2.47. The molecule has 24 heavy (non-hydrogen) atoms. The maximum absolute atomic E-state index is 4.44. The van der Waals surface area contributed by atoms with Crippen molar-refractivity contribution in [2.45, 2.75) is 33.7 Å². The summed E-state index contributed by atoms with van der Waals surface area (Å²) in [5.41, 5.74) is 6.53. The van der Waals surface area contributed by atoms with Gasteiger partial charge in [-0.25, -0.2) is 4.90 Å². The molecule has 1 aromatic carbocycles. The Balaban J connectivity index is 0.00000144. The van der Waals surface area contributed by atoms with Crippen LogP contribution in [0.3, 0.4) is 0 Å². The smallest absolute Gasteiger partial charge is 0.239 e. The van der Waals surface area contributed by atoms with Crippen LogP contribution in [0.5, 0.6) is 0 Å². The van der Waals surface area contributed by atoms with Gasteiger partial charge in [0.05, 0.1) is 18.8 Å². The van der Waals surface area contributed by atoms with E-state index in [9.17, 15) is 0 Å². The van der Waals surface area contributed by atoms with Crippen LogP contribution < -0.4 is 21.9 Å². The second kappa shape index (κ2) is 8.94. The SMILES string of the molecule is Cc1cc(C)c(N2C=[N+](Cc3ccccn3)CCC2)c(C)c1.O.[Br-]. The van der Waals surface area contributed by atoms with E-state index in [-0.39, 0.29) is 22.5 Å². The molecule has 3 rings (SSSR count). The molecule has 0 radical (unpaired) electrons. The minimum Gasteiger partial charge on any atom is -1.00 e. The fourth-order valence-corrected chi connectivity index (χ4v) is 3.37. The number of hydrogen-bond donors (Lipinski definition) is 0. The zero-order valence-corrected chi connectivity index (χ0v) is 16.2. The monoisotopic (exact) mass is 391 g/mol. The molecule has 2 N–H and O–H groups in total. The largest absolute Gasteiger partial charge is 1.00 e. The van der Waals surface area contributed by atoms with Crippen LogP contribution in [-0.2, 0) is 6.54 Å². The van der Waals surface area contributed by atoms with Crippen molar-refractivity contribution in [1.82, 2.24) is 4.98 Å². The van der Waals surface area contributed by atoms with Crippen LogP contribution in [0.4, 0.5) is 5.69 Å². The van der Waals surface area contributed by atoms with E-state index in [0.717, 1.165) is 25.3 Å². The number of anilines is 1. The van der Waals surface area contributed by atoms with Gasteiger partial charge in [-0.15, -0.1) is 0 Å². The molecule has 0 fully saturated rings. The molecular weight excluding hydrogens is 366 g/mol. The Morgan fingerprint density at radius 3 is 2.46 bits per heavy atom. The van der Waals surface area contributed by atoms with Gasteiger partial charge in [-0.1, -0.05) is 23.8 Å². The number of aryl methyl sites for hydroxylation is 3. The highest BCUT2D eigenvalue weighted by Crippen LogP contribution is 2.26. The minimum absolute atomic E-state index is 0. The third-order valence-corrected chi connectivity index (χ3v) is 4.16. The molecule has 0 aliphatic carbocycles. The van der Waals surface area contributed by atoms with Gasteiger partial charge in [-0.05, 0) is 44.0 Å². The number of rotatable bonds is 3. The Kier molecular flexibility index (Phi) is 7.58. The van der Waals surface area contributed by atoms with Crippen molar-refractivity contribution < 1.29 is 27.0 Å². The average molecular weight is 392 g/mol. The summed E-state index contributed by atoms with van der Waals surface area (Å²) in [5, 5.41) is 0. The lowest BCUT2D eigenvalue weighted by molar-refractivity contribution is -0.544. The summed E-state index contributed by atoms with van der Waals surface area (Å²) >= 11 is 0. The quantitative estimate of drug-likeness (QED) is 0.670. The Hall–Kier alpha value is -1.72. The second-order valence-electron chi connectivity index (χ2n) is 6.20. The molecule has 2 heterocycles. The first-order valence-corrected chi connectivity index (χ1v) is 7.97. The minimum atomic E-state index is 0. The van der Waals surface area contributed by atoms with E-state index in [1.165, 1.54) is 28.8 Å². The molecule has 0 bridgehead atoms. The molecule has 1 aliphatic heterocycles. The fourth-order valence-electron chi connectivity index (χ4n) is 3.37. The number of pyridine rings is 1. The van der Waals surface area contributed by atoms with Crippen molar-refractivity contribution in [1.29, 1.82) is 0 Å². The summed E-state index contributed by atoms with van der Waals surface area (Å²) in [5.74, 6) is 0. The van der Waals surface area contributed by atoms with Crippen molar-refractivity contribution in [3.63, 3.8) is 0 Å². The number of aromatic nitrogens is 1. The highest BCUT2D eigenvalue weighted by molar-refractivity contribution is 5.80. The zero-order valence-electron chi connectivity index (χ0n) is 14.6. The normalized spacial score (nSPS) is 13.6. The standard InChI is InChI=1S/C19H24N3.BrH.H2O/c1-15-11-16(2)19(17(3)12-15)22-10-6-9-21(14-22)13-18-7-4-5-8-20-18;;/h4-5,7-8,11-12,14H,6,9-10,13H2,1-3H3;1H;1H2/q+1;;/p-1. The summed E-state index contributed by atoms with van der Waals surface area (Å²) < 4.78 is 2.37. The Bertz CT molecular complexity index is 678. The number of nitrogens with zero attached hydrogens (tertiary/aromatic N) is 3. The molecule has 1 aliphatic rings. The molecule has 4 nitrogen and oxygen atoms in total. The van der Waals surface area contributed by atoms with Crippen molar-refractivity contribution in [3.8, 4) is 0 Å². The summed E-state index contributed by atoms with van der Waals surface area (Å²) in [6.45, 7) is 9.64. The molecule has 0 saturated carbocycles. The Labute approximate surface area is 154 Å². The van der Waals surface area contributed by atoms with Crippen LogP contribution in [0.1, 0.15) is 28.8 Å². The molecule has 1 aromatic heterocycles. The van der Waals surface area contributed by atoms with Crippen LogP contribution in [0.2, 0.25) is 0 Å². The van der Waals surface area contributed by atoms with E-state index < -0.39 is 0 Å². The second-order valence-corrected chi connectivity index (χ2v) is 6.20. The predicted molar refractivity (Wildman–Crippen MR) is 95.4 cm³/mol. The van der Waals surface area contributed by atoms with E-state index in [4.69, 9.17) is 0 Å². The summed E-state index contributed by atoms with van der Waals surface area (Å²) in [7, 11) is 0. The lowest BCUT2D eigenvalue weighted by Gasteiger charge is -2.23. The first-order valence-electron chi connectivity index (χ1n) is 7.97. The third kappa shape index (κ3) is 4.65. The van der Waals surface area contributed by atoms with Crippen LogP contribution in [0.15, 0.2) is 36.5 Å². The highest BCUT2D eigenvalue weighted by atomic mass is 79.9. The van der Waals surface area contributed by atoms with E-state index in [0.29, 0.717) is 0 Å². The fraction of sp³-hybridized carbons (Fsp3) is 0.368. The molecule has 5 heteroatoms. The predicted octanol–water partition coefficient (Wildman–Crippen LogP) is -0.363. The molecule has 0 amide bonds. The Morgan fingerprint density at radius 2 is 1.83 bits per heavy atom. The molecule has 0 saturated heterocycles. The number of hydrogen-bond acceptors (Lipinski definition) is 2. The van der Waals surface area contributed by atoms with Gasteiger partial charge in [0.25, 0.3) is 0 Å². The maximum Gasteiger partial charge on any atom is 0.239 e. The van der Waals surface area contributed by atoms with Gasteiger partial charge in [0.1, 0.15) is 12.2 Å².